The molecular weight excluding hydrogens is 374 g/mol. The van der Waals surface area contributed by atoms with Gasteiger partial charge in [-0.2, -0.15) is 0 Å². The Morgan fingerprint density at radius 1 is 0.833 bits per heavy atom. The van der Waals surface area contributed by atoms with E-state index >= 15 is 0 Å². The molecule has 0 aromatic heterocycles. The second-order valence-corrected chi connectivity index (χ2v) is 8.38. The molecule has 0 saturated heterocycles. The first-order valence-corrected chi connectivity index (χ1v) is 10.7. The summed E-state index contributed by atoms with van der Waals surface area (Å²) in [7, 11) is -8.44. The minimum absolute atomic E-state index is 0. The minimum Gasteiger partial charge on any atom is -0.748 e. The normalized spacial score (nSPS) is 13.3. The molecule has 6 nitrogen and oxygen atoms in total. The maximum Gasteiger partial charge on any atom is 1.00 e. The van der Waals surface area contributed by atoms with Crippen molar-refractivity contribution in [2.75, 3.05) is 0 Å². The van der Waals surface area contributed by atoms with Crippen molar-refractivity contribution < 1.29 is 85.1 Å². The van der Waals surface area contributed by atoms with Crippen LogP contribution in [0.25, 0.3) is 0 Å². The van der Waals surface area contributed by atoms with Gasteiger partial charge in [0.05, 0.1) is 10.1 Å². The van der Waals surface area contributed by atoms with Gasteiger partial charge in [-0.05, 0) is 25.7 Å². The second-order valence-electron chi connectivity index (χ2n) is 5.47. The quantitative estimate of drug-likeness (QED) is 0.184. The van der Waals surface area contributed by atoms with Crippen LogP contribution in [0.1, 0.15) is 71.1 Å². The van der Waals surface area contributed by atoms with Crippen molar-refractivity contribution in [3.63, 3.8) is 0 Å². The molecule has 0 saturated carbocycles. The Hall–Kier alpha value is 1.56. The van der Waals surface area contributed by atoms with E-state index < -0.39 is 25.5 Å². The van der Waals surface area contributed by atoms with Gasteiger partial charge in [0.1, 0.15) is 10.1 Å². The predicted octanol–water partition coefficient (Wildman–Crippen LogP) is -3.11. The van der Waals surface area contributed by atoms with Crippen LogP contribution in [0.2, 0.25) is 0 Å². The Morgan fingerprint density at radius 3 is 1.79 bits per heavy atom. The molecule has 0 radical (unpaired) electrons. The van der Waals surface area contributed by atoms with E-state index in [-0.39, 0.29) is 59.1 Å². The Kier molecular flexibility index (Phi) is 21.1. The third-order valence-electron chi connectivity index (χ3n) is 3.43. The van der Waals surface area contributed by atoms with Crippen LogP contribution in [0.5, 0.6) is 0 Å². The van der Waals surface area contributed by atoms with E-state index in [1.807, 2.05) is 6.92 Å². The molecule has 0 N–H and O–H groups in total. The predicted molar refractivity (Wildman–Crippen MR) is 84.2 cm³/mol. The number of hydrogen-bond acceptors (Lipinski definition) is 6. The minimum atomic E-state index is -4.26. The van der Waals surface area contributed by atoms with Crippen LogP contribution < -0.4 is 59.1 Å². The molecule has 0 spiro atoms. The largest absolute Gasteiger partial charge is 1.00 e. The van der Waals surface area contributed by atoms with E-state index in [1.54, 1.807) is 0 Å². The van der Waals surface area contributed by atoms with Crippen molar-refractivity contribution in [3.05, 3.63) is 11.5 Å². The molecule has 0 amide bonds. The molecule has 0 rings (SSSR count). The first-order valence-electron chi connectivity index (χ1n) is 7.74. The smallest absolute Gasteiger partial charge is 0.748 e. The average Bonchev–Trinajstić information content (AvgIpc) is 2.37. The molecule has 0 aliphatic carbocycles. The third kappa shape index (κ3) is 19.9. The van der Waals surface area contributed by atoms with Gasteiger partial charge in [-0.1, -0.05) is 51.5 Å². The van der Waals surface area contributed by atoms with Crippen LogP contribution in [0.4, 0.5) is 0 Å². The van der Waals surface area contributed by atoms with Crippen LogP contribution in [0.3, 0.4) is 0 Å². The number of rotatable bonds is 13. The summed E-state index contributed by atoms with van der Waals surface area (Å²) in [5.74, 6) is 0. The van der Waals surface area contributed by atoms with Crippen molar-refractivity contribution in [2.45, 2.75) is 76.4 Å². The molecule has 0 fully saturated rings. The Balaban J connectivity index is -0.00000220. The van der Waals surface area contributed by atoms with E-state index in [0.717, 1.165) is 38.5 Å². The standard InChI is InChI=1S/C14H28O6S2.2Na/c1-2-11-14(22(18,19)20)12-9-7-5-3-4-6-8-10-13-21(15,16)17;;/h10,13-14H,2-9,11-12H2,1H3,(H,15,16,17)(H,18,19,20);;/q;2*+1/p-2/b13-10+;;. The summed E-state index contributed by atoms with van der Waals surface area (Å²) in [4.78, 5) is 0. The number of allylic oxidation sites excluding steroid dienone is 1. The van der Waals surface area contributed by atoms with Crippen molar-refractivity contribution in [3.8, 4) is 0 Å². The van der Waals surface area contributed by atoms with Gasteiger partial charge < -0.3 is 9.11 Å². The van der Waals surface area contributed by atoms with Gasteiger partial charge in [-0.15, -0.1) is 0 Å². The summed E-state index contributed by atoms with van der Waals surface area (Å²) in [5.41, 5.74) is 0. The number of unbranched alkanes of at least 4 members (excludes halogenated alkanes) is 6. The van der Waals surface area contributed by atoms with Gasteiger partial charge >= 0.3 is 59.1 Å². The zero-order chi connectivity index (χ0) is 17.1. The molecule has 1 atom stereocenters. The Labute approximate surface area is 191 Å². The van der Waals surface area contributed by atoms with Gasteiger partial charge in [-0.3, -0.25) is 0 Å². The first-order chi connectivity index (χ1) is 10.2. The average molecular weight is 400 g/mol. The van der Waals surface area contributed by atoms with Gasteiger partial charge in [0, 0.05) is 10.7 Å². The van der Waals surface area contributed by atoms with Crippen LogP contribution >= 0.6 is 0 Å². The van der Waals surface area contributed by atoms with E-state index in [9.17, 15) is 25.9 Å². The number of hydrogen-bond donors (Lipinski definition) is 0. The SMILES string of the molecule is CCCC(CCCCCCCC/C=C/S(=O)(=O)[O-])S(=O)(=O)[O-].[Na+].[Na+]. The topological polar surface area (TPSA) is 114 Å². The first kappa shape index (κ1) is 30.3. The zero-order valence-electron chi connectivity index (χ0n) is 15.1. The Bertz CT molecular complexity index is 517. The zero-order valence-corrected chi connectivity index (χ0v) is 20.7. The molecule has 24 heavy (non-hydrogen) atoms. The maximum absolute atomic E-state index is 11.0. The van der Waals surface area contributed by atoms with Crippen molar-refractivity contribution in [1.82, 2.24) is 0 Å². The van der Waals surface area contributed by atoms with Gasteiger partial charge in [-0.25, -0.2) is 16.8 Å². The van der Waals surface area contributed by atoms with Gasteiger partial charge in [0.2, 0.25) is 0 Å². The molecule has 0 aromatic carbocycles. The molecule has 10 heteroatoms. The van der Waals surface area contributed by atoms with Crippen molar-refractivity contribution in [2.24, 2.45) is 0 Å². The summed E-state index contributed by atoms with van der Waals surface area (Å²) >= 11 is 0. The van der Waals surface area contributed by atoms with E-state index in [0.29, 0.717) is 31.1 Å². The fourth-order valence-corrected chi connectivity index (χ4v) is 3.63. The monoisotopic (exact) mass is 400 g/mol. The fraction of sp³-hybridized carbons (Fsp3) is 0.857. The van der Waals surface area contributed by atoms with Crippen LogP contribution in [-0.4, -0.2) is 31.2 Å². The fourth-order valence-electron chi connectivity index (χ4n) is 2.28. The second kappa shape index (κ2) is 16.7. The summed E-state index contributed by atoms with van der Waals surface area (Å²) in [6.07, 6.45) is 8.80. The molecule has 0 aromatic rings. The van der Waals surface area contributed by atoms with Gasteiger partial charge in [0.25, 0.3) is 0 Å². The molecule has 1 unspecified atom stereocenters. The summed E-state index contributed by atoms with van der Waals surface area (Å²) in [5, 5.41) is -0.0683. The maximum atomic E-state index is 11.0. The van der Waals surface area contributed by atoms with Crippen LogP contribution in [0, 0.1) is 0 Å². The molecule has 0 aliphatic rings. The molecule has 0 bridgehead atoms. The van der Waals surface area contributed by atoms with E-state index in [2.05, 4.69) is 0 Å². The summed E-state index contributed by atoms with van der Waals surface area (Å²) < 4.78 is 64.0. The molecule has 132 valence electrons. The van der Waals surface area contributed by atoms with Crippen LogP contribution in [-0.2, 0) is 20.2 Å². The summed E-state index contributed by atoms with van der Waals surface area (Å²) in [6.45, 7) is 1.87. The molecule has 0 heterocycles. The van der Waals surface area contributed by atoms with Crippen molar-refractivity contribution >= 4 is 20.2 Å². The van der Waals surface area contributed by atoms with Gasteiger partial charge in [0.15, 0.2) is 0 Å². The molecular formula is C14H26Na2O6S2. The van der Waals surface area contributed by atoms with Crippen LogP contribution in [0.15, 0.2) is 11.5 Å². The third-order valence-corrected chi connectivity index (χ3v) is 5.24. The summed E-state index contributed by atoms with van der Waals surface area (Å²) in [6, 6.07) is 0. The van der Waals surface area contributed by atoms with E-state index in [4.69, 9.17) is 0 Å². The Morgan fingerprint density at radius 2 is 1.33 bits per heavy atom. The van der Waals surface area contributed by atoms with E-state index in [1.165, 1.54) is 6.08 Å². The van der Waals surface area contributed by atoms with Crippen molar-refractivity contribution in [1.29, 1.82) is 0 Å². The molecule has 0 aliphatic heterocycles.